The van der Waals surface area contributed by atoms with Crippen LogP contribution in [0.2, 0.25) is 0 Å². The molecule has 5 heteroatoms. The molecule has 0 spiro atoms. The van der Waals surface area contributed by atoms with Gasteiger partial charge in [0, 0.05) is 24.4 Å². The molecule has 1 atom stereocenters. The van der Waals surface area contributed by atoms with Crippen LogP contribution in [0, 0.1) is 17.8 Å². The molecule has 100 valence electrons. The van der Waals surface area contributed by atoms with Gasteiger partial charge in [0.1, 0.15) is 5.69 Å². The van der Waals surface area contributed by atoms with Crippen LogP contribution in [-0.4, -0.2) is 35.8 Å². The molecule has 1 aliphatic rings. The number of carboxylic acid groups (broad SMARTS) is 1. The number of carboxylic acids is 1. The maximum Gasteiger partial charge on any atom is 0.382 e. The minimum Gasteiger partial charge on any atom is -0.477 e. The molecule has 2 heterocycles. The van der Waals surface area contributed by atoms with Crippen molar-refractivity contribution in [1.82, 2.24) is 10.3 Å². The fourth-order valence-corrected chi connectivity index (χ4v) is 1.95. The first kappa shape index (κ1) is 13.4. The average molecular weight is 260 g/mol. The van der Waals surface area contributed by atoms with Gasteiger partial charge in [0.15, 0.2) is 0 Å². The maximum absolute atomic E-state index is 10.4. The zero-order chi connectivity index (χ0) is 13.5. The van der Waals surface area contributed by atoms with E-state index in [9.17, 15) is 4.79 Å². The van der Waals surface area contributed by atoms with E-state index in [-0.39, 0.29) is 0 Å². The van der Waals surface area contributed by atoms with Gasteiger partial charge in [0.05, 0.1) is 6.61 Å². The Morgan fingerprint density at radius 1 is 1.58 bits per heavy atom. The summed E-state index contributed by atoms with van der Waals surface area (Å²) >= 11 is 0. The second kappa shape index (κ2) is 6.76. The second-order valence-corrected chi connectivity index (χ2v) is 4.44. The Balaban J connectivity index is 1.91. The Morgan fingerprint density at radius 3 is 3.21 bits per heavy atom. The second-order valence-electron chi connectivity index (χ2n) is 4.44. The topological polar surface area (TPSA) is 71.5 Å². The zero-order valence-electron chi connectivity index (χ0n) is 10.6. The normalized spacial score (nSPS) is 18.2. The molecule has 1 unspecified atom stereocenters. The molecule has 1 saturated heterocycles. The number of nitrogens with zero attached hydrogens (tertiary/aromatic N) is 1. The molecule has 5 nitrogen and oxygen atoms in total. The predicted molar refractivity (Wildman–Crippen MR) is 69.8 cm³/mol. The quantitative estimate of drug-likeness (QED) is 0.790. The monoisotopic (exact) mass is 260 g/mol. The summed E-state index contributed by atoms with van der Waals surface area (Å²) < 4.78 is 5.63. The fraction of sp³-hybridized carbons (Fsp3) is 0.429. The van der Waals surface area contributed by atoms with Crippen molar-refractivity contribution in [1.29, 1.82) is 0 Å². The van der Waals surface area contributed by atoms with Crippen LogP contribution in [0.4, 0.5) is 0 Å². The van der Waals surface area contributed by atoms with Gasteiger partial charge in [-0.2, -0.15) is 0 Å². The van der Waals surface area contributed by atoms with E-state index in [1.165, 1.54) is 6.42 Å². The summed E-state index contributed by atoms with van der Waals surface area (Å²) in [6, 6.07) is 5.17. The highest BCUT2D eigenvalue weighted by molar-refractivity contribution is 5.87. The van der Waals surface area contributed by atoms with Crippen LogP contribution in [0.15, 0.2) is 18.2 Å². The van der Waals surface area contributed by atoms with Gasteiger partial charge in [-0.05, 0) is 31.4 Å². The molecule has 0 bridgehead atoms. The van der Waals surface area contributed by atoms with Gasteiger partial charge in [0.2, 0.25) is 5.88 Å². The lowest BCUT2D eigenvalue weighted by molar-refractivity contribution is -0.130. The zero-order valence-corrected chi connectivity index (χ0v) is 10.6. The summed E-state index contributed by atoms with van der Waals surface area (Å²) in [6.45, 7) is 2.67. The summed E-state index contributed by atoms with van der Waals surface area (Å²) in [7, 11) is 0. The van der Waals surface area contributed by atoms with Crippen LogP contribution in [0.1, 0.15) is 18.5 Å². The Bertz CT molecular complexity index is 499. The maximum atomic E-state index is 10.4. The van der Waals surface area contributed by atoms with Crippen LogP contribution in [0.5, 0.6) is 5.88 Å². The molecule has 1 aromatic rings. The van der Waals surface area contributed by atoms with Crippen LogP contribution in [0.3, 0.4) is 0 Å². The van der Waals surface area contributed by atoms with E-state index in [2.05, 4.69) is 16.2 Å². The van der Waals surface area contributed by atoms with Gasteiger partial charge in [-0.15, -0.1) is 0 Å². The SMILES string of the molecule is O=C(O)C#Cc1cccc(OCC2CCCNC2)n1. The van der Waals surface area contributed by atoms with Gasteiger partial charge in [-0.1, -0.05) is 6.07 Å². The Labute approximate surface area is 112 Å². The van der Waals surface area contributed by atoms with E-state index in [0.717, 1.165) is 19.5 Å². The lowest BCUT2D eigenvalue weighted by Gasteiger charge is -2.22. The number of nitrogens with one attached hydrogen (secondary N) is 1. The number of aromatic nitrogens is 1. The number of hydrogen-bond acceptors (Lipinski definition) is 4. The molecule has 1 aliphatic heterocycles. The first-order valence-corrected chi connectivity index (χ1v) is 6.29. The van der Waals surface area contributed by atoms with Crippen molar-refractivity contribution in [2.75, 3.05) is 19.7 Å². The fourth-order valence-electron chi connectivity index (χ4n) is 1.95. The highest BCUT2D eigenvalue weighted by atomic mass is 16.5. The van der Waals surface area contributed by atoms with Crippen LogP contribution < -0.4 is 10.1 Å². The molecule has 2 rings (SSSR count). The number of rotatable bonds is 3. The van der Waals surface area contributed by atoms with Gasteiger partial charge in [0.25, 0.3) is 0 Å². The lowest BCUT2D eigenvalue weighted by atomic mass is 10.0. The molecule has 2 N–H and O–H groups in total. The van der Waals surface area contributed by atoms with E-state index in [4.69, 9.17) is 9.84 Å². The molecular formula is C14H16N2O3. The van der Waals surface area contributed by atoms with Crippen molar-refractivity contribution in [3.63, 3.8) is 0 Å². The number of aliphatic carboxylic acids is 1. The highest BCUT2D eigenvalue weighted by Gasteiger charge is 2.13. The first-order valence-electron chi connectivity index (χ1n) is 6.29. The number of piperidine rings is 1. The van der Waals surface area contributed by atoms with Crippen molar-refractivity contribution >= 4 is 5.97 Å². The Hall–Kier alpha value is -2.06. The van der Waals surface area contributed by atoms with E-state index in [1.54, 1.807) is 18.2 Å². The lowest BCUT2D eigenvalue weighted by Crippen LogP contribution is -2.33. The first-order chi connectivity index (χ1) is 9.24. The van der Waals surface area contributed by atoms with Gasteiger partial charge in [-0.25, -0.2) is 9.78 Å². The molecular weight excluding hydrogens is 244 g/mol. The minimum absolute atomic E-state index is 0.404. The summed E-state index contributed by atoms with van der Waals surface area (Å²) in [5.41, 5.74) is 0.404. The van der Waals surface area contributed by atoms with Crippen LogP contribution in [-0.2, 0) is 4.79 Å². The molecule has 0 saturated carbocycles. The molecule has 0 radical (unpaired) electrons. The minimum atomic E-state index is -1.17. The molecule has 1 fully saturated rings. The predicted octanol–water partition coefficient (Wildman–Crippen LogP) is 0.896. The third kappa shape index (κ3) is 4.60. The van der Waals surface area contributed by atoms with Crippen molar-refractivity contribution in [2.45, 2.75) is 12.8 Å². The van der Waals surface area contributed by atoms with Crippen molar-refractivity contribution in [3.05, 3.63) is 23.9 Å². The number of pyridine rings is 1. The van der Waals surface area contributed by atoms with Gasteiger partial charge in [-0.3, -0.25) is 0 Å². The van der Waals surface area contributed by atoms with E-state index in [1.807, 2.05) is 5.92 Å². The molecule has 1 aromatic heterocycles. The third-order valence-electron chi connectivity index (χ3n) is 2.89. The standard InChI is InChI=1S/C14H16N2O3/c17-14(18)7-6-12-4-1-5-13(16-12)19-10-11-3-2-8-15-9-11/h1,4-5,11,15H,2-3,8-10H2,(H,17,18). The molecule has 0 amide bonds. The van der Waals surface area contributed by atoms with Crippen LogP contribution >= 0.6 is 0 Å². The summed E-state index contributed by atoms with van der Waals surface area (Å²) in [5, 5.41) is 11.8. The summed E-state index contributed by atoms with van der Waals surface area (Å²) in [5.74, 6) is 4.33. The summed E-state index contributed by atoms with van der Waals surface area (Å²) in [4.78, 5) is 14.5. The van der Waals surface area contributed by atoms with Crippen LogP contribution in [0.25, 0.3) is 0 Å². The van der Waals surface area contributed by atoms with Crippen molar-refractivity contribution in [2.24, 2.45) is 5.92 Å². The molecule has 0 aromatic carbocycles. The number of carbonyl (C=O) groups is 1. The van der Waals surface area contributed by atoms with E-state index in [0.29, 0.717) is 24.1 Å². The summed E-state index contributed by atoms with van der Waals surface area (Å²) in [6.07, 6.45) is 2.33. The third-order valence-corrected chi connectivity index (χ3v) is 2.89. The Kier molecular flexibility index (Phi) is 4.76. The molecule has 19 heavy (non-hydrogen) atoms. The van der Waals surface area contributed by atoms with Crippen molar-refractivity contribution in [3.8, 4) is 17.7 Å². The average Bonchev–Trinajstić information content (AvgIpc) is 2.44. The largest absolute Gasteiger partial charge is 0.477 e. The smallest absolute Gasteiger partial charge is 0.382 e. The van der Waals surface area contributed by atoms with Gasteiger partial charge >= 0.3 is 5.97 Å². The van der Waals surface area contributed by atoms with Crippen molar-refractivity contribution < 1.29 is 14.6 Å². The Morgan fingerprint density at radius 2 is 2.47 bits per heavy atom. The highest BCUT2D eigenvalue weighted by Crippen LogP contribution is 2.13. The van der Waals surface area contributed by atoms with Gasteiger partial charge < -0.3 is 15.2 Å². The van der Waals surface area contributed by atoms with E-state index < -0.39 is 5.97 Å². The molecule has 0 aliphatic carbocycles. The van der Waals surface area contributed by atoms with E-state index >= 15 is 0 Å². The number of ether oxygens (including phenoxy) is 1. The number of hydrogen-bond donors (Lipinski definition) is 2.